The van der Waals surface area contributed by atoms with Crippen LogP contribution in [0.25, 0.3) is 33.4 Å². The lowest BCUT2D eigenvalue weighted by Crippen LogP contribution is -2.29. The third-order valence-electron chi connectivity index (χ3n) is 5.60. The molecular formula is C27H21ClN6O. The number of nitrogens with two attached hydrogens (primary N) is 1. The largest absolute Gasteiger partial charge is 0.382 e. The van der Waals surface area contributed by atoms with Gasteiger partial charge < -0.3 is 11.1 Å². The third kappa shape index (κ3) is 4.54. The van der Waals surface area contributed by atoms with Crippen molar-refractivity contribution in [1.82, 2.24) is 25.3 Å². The van der Waals surface area contributed by atoms with E-state index in [4.69, 9.17) is 22.3 Å². The highest BCUT2D eigenvalue weighted by Crippen LogP contribution is 2.35. The van der Waals surface area contributed by atoms with Crippen LogP contribution in [0.4, 0.5) is 5.82 Å². The zero-order valence-corrected chi connectivity index (χ0v) is 19.6. The molecule has 0 aliphatic carbocycles. The number of anilines is 1. The van der Waals surface area contributed by atoms with Gasteiger partial charge in [0.1, 0.15) is 0 Å². The predicted octanol–water partition coefficient (Wildman–Crippen LogP) is 5.48. The van der Waals surface area contributed by atoms with Crippen LogP contribution in [0.15, 0.2) is 85.2 Å². The first-order valence-corrected chi connectivity index (χ1v) is 11.4. The molecule has 0 unspecified atom stereocenters. The predicted molar refractivity (Wildman–Crippen MR) is 138 cm³/mol. The Morgan fingerprint density at radius 2 is 1.63 bits per heavy atom. The molecule has 0 spiro atoms. The lowest BCUT2D eigenvalue weighted by Gasteiger charge is -2.16. The quantitative estimate of drug-likeness (QED) is 0.345. The van der Waals surface area contributed by atoms with Crippen molar-refractivity contribution in [1.29, 1.82) is 0 Å². The van der Waals surface area contributed by atoms with Gasteiger partial charge in [-0.2, -0.15) is 0 Å². The van der Waals surface area contributed by atoms with E-state index in [1.54, 1.807) is 18.5 Å². The fraction of sp³-hybridized carbons (Fsp3) is 0.0741. The third-order valence-corrected chi connectivity index (χ3v) is 5.88. The van der Waals surface area contributed by atoms with Gasteiger partial charge in [-0.3, -0.25) is 14.8 Å². The number of benzene rings is 2. The van der Waals surface area contributed by atoms with E-state index < -0.39 is 5.91 Å². The highest BCUT2D eigenvalue weighted by Gasteiger charge is 2.22. The number of amides is 1. The minimum Gasteiger partial charge on any atom is -0.382 e. The molecule has 3 N–H and O–H groups in total. The number of nitrogens with zero attached hydrogens (tertiary/aromatic N) is 4. The maximum Gasteiger partial charge on any atom is 0.274 e. The fourth-order valence-corrected chi connectivity index (χ4v) is 4.15. The second-order valence-corrected chi connectivity index (χ2v) is 8.41. The average Bonchev–Trinajstić information content (AvgIpc) is 2.89. The van der Waals surface area contributed by atoms with Gasteiger partial charge in [0.05, 0.1) is 33.7 Å². The van der Waals surface area contributed by atoms with E-state index in [9.17, 15) is 4.79 Å². The topological polar surface area (TPSA) is 107 Å². The summed E-state index contributed by atoms with van der Waals surface area (Å²) in [6, 6.07) is 22.2. The highest BCUT2D eigenvalue weighted by molar-refractivity contribution is 6.35. The van der Waals surface area contributed by atoms with E-state index in [2.05, 4.69) is 20.3 Å². The number of aromatic nitrogens is 4. The van der Waals surface area contributed by atoms with Crippen LogP contribution in [-0.2, 0) is 0 Å². The molecule has 2 aromatic carbocycles. The second kappa shape index (κ2) is 9.48. The van der Waals surface area contributed by atoms with Crippen LogP contribution in [0.5, 0.6) is 0 Å². The first-order chi connectivity index (χ1) is 17.0. The monoisotopic (exact) mass is 480 g/mol. The minimum absolute atomic E-state index is 0.0323. The number of carbonyl (C=O) groups is 1. The van der Waals surface area contributed by atoms with Gasteiger partial charge in [0.15, 0.2) is 11.5 Å². The molecule has 0 saturated heterocycles. The van der Waals surface area contributed by atoms with Crippen LogP contribution in [-0.4, -0.2) is 25.8 Å². The van der Waals surface area contributed by atoms with E-state index in [1.165, 1.54) is 0 Å². The molecule has 0 saturated carbocycles. The number of hydrogen-bond donors (Lipinski definition) is 2. The normalized spacial score (nSPS) is 11.8. The maximum atomic E-state index is 13.2. The van der Waals surface area contributed by atoms with E-state index in [0.717, 1.165) is 16.6 Å². The number of halogens is 1. The Bertz CT molecular complexity index is 1530. The summed E-state index contributed by atoms with van der Waals surface area (Å²) in [5.74, 6) is -0.408. The van der Waals surface area contributed by atoms with Gasteiger partial charge in [-0.05, 0) is 37.3 Å². The van der Waals surface area contributed by atoms with Crippen LogP contribution in [0.2, 0.25) is 5.02 Å². The van der Waals surface area contributed by atoms with Gasteiger partial charge in [0, 0.05) is 28.9 Å². The van der Waals surface area contributed by atoms with E-state index in [1.807, 2.05) is 73.7 Å². The molecule has 172 valence electrons. The Morgan fingerprint density at radius 1 is 0.886 bits per heavy atom. The molecule has 35 heavy (non-hydrogen) atoms. The molecule has 1 atom stereocenters. The number of pyridine rings is 2. The van der Waals surface area contributed by atoms with Crippen LogP contribution in [0.3, 0.4) is 0 Å². The number of fused-ring (bicyclic) bond motifs is 1. The average molecular weight is 481 g/mol. The first-order valence-electron chi connectivity index (χ1n) is 11.0. The van der Waals surface area contributed by atoms with Gasteiger partial charge >= 0.3 is 0 Å². The van der Waals surface area contributed by atoms with Gasteiger partial charge in [-0.15, -0.1) is 0 Å². The lowest BCUT2D eigenvalue weighted by atomic mass is 10.0. The Morgan fingerprint density at radius 3 is 2.40 bits per heavy atom. The van der Waals surface area contributed by atoms with E-state index >= 15 is 0 Å². The Labute approximate surface area is 207 Å². The molecule has 3 aromatic heterocycles. The smallest absolute Gasteiger partial charge is 0.274 e. The molecular weight excluding hydrogens is 460 g/mol. The SMILES string of the molecule is C[C@@H](NC(=O)c1nc(-c2cc(Cl)c3ncccc3c2)c(-c2ccccc2)nc1N)c1ccccn1. The highest BCUT2D eigenvalue weighted by atomic mass is 35.5. The number of rotatable bonds is 5. The van der Waals surface area contributed by atoms with Crippen LogP contribution in [0.1, 0.15) is 29.1 Å². The molecule has 8 heteroatoms. The molecule has 3 heterocycles. The summed E-state index contributed by atoms with van der Waals surface area (Å²) >= 11 is 6.56. The molecule has 0 fully saturated rings. The Kier molecular flexibility index (Phi) is 6.08. The van der Waals surface area contributed by atoms with Crippen molar-refractivity contribution in [2.24, 2.45) is 0 Å². The molecule has 0 aliphatic heterocycles. The maximum absolute atomic E-state index is 13.2. The van der Waals surface area contributed by atoms with Crippen molar-refractivity contribution < 1.29 is 4.79 Å². The van der Waals surface area contributed by atoms with Crippen molar-refractivity contribution in [3.63, 3.8) is 0 Å². The molecule has 5 rings (SSSR count). The number of nitrogens with one attached hydrogen (secondary N) is 1. The summed E-state index contributed by atoms with van der Waals surface area (Å²) in [6.45, 7) is 1.85. The summed E-state index contributed by atoms with van der Waals surface area (Å²) in [4.78, 5) is 31.2. The van der Waals surface area contributed by atoms with Crippen molar-refractivity contribution in [3.8, 4) is 22.5 Å². The zero-order valence-electron chi connectivity index (χ0n) is 18.8. The molecule has 0 aliphatic rings. The summed E-state index contributed by atoms with van der Waals surface area (Å²) < 4.78 is 0. The van der Waals surface area contributed by atoms with E-state index in [0.29, 0.717) is 27.5 Å². The summed E-state index contributed by atoms with van der Waals surface area (Å²) in [5, 5.41) is 4.24. The molecule has 0 radical (unpaired) electrons. The van der Waals surface area contributed by atoms with Crippen LogP contribution < -0.4 is 11.1 Å². The van der Waals surface area contributed by atoms with E-state index in [-0.39, 0.29) is 17.6 Å². The Hall–Kier alpha value is -4.36. The summed E-state index contributed by atoms with van der Waals surface area (Å²) in [5.41, 5.74) is 10.3. The van der Waals surface area contributed by atoms with Crippen molar-refractivity contribution in [3.05, 3.63) is 102 Å². The lowest BCUT2D eigenvalue weighted by molar-refractivity contribution is 0.0935. The van der Waals surface area contributed by atoms with Crippen molar-refractivity contribution in [2.75, 3.05) is 5.73 Å². The van der Waals surface area contributed by atoms with Crippen LogP contribution in [0, 0.1) is 0 Å². The van der Waals surface area contributed by atoms with Gasteiger partial charge in [0.25, 0.3) is 5.91 Å². The molecule has 1 amide bonds. The van der Waals surface area contributed by atoms with Crippen LogP contribution >= 0.6 is 11.6 Å². The van der Waals surface area contributed by atoms with Gasteiger partial charge in [-0.25, -0.2) is 9.97 Å². The minimum atomic E-state index is -0.442. The summed E-state index contributed by atoms with van der Waals surface area (Å²) in [7, 11) is 0. The molecule has 0 bridgehead atoms. The van der Waals surface area contributed by atoms with Crippen molar-refractivity contribution >= 4 is 34.2 Å². The first kappa shape index (κ1) is 22.4. The number of carbonyl (C=O) groups excluding carboxylic acids is 1. The summed E-state index contributed by atoms with van der Waals surface area (Å²) in [6.07, 6.45) is 3.37. The van der Waals surface area contributed by atoms with Gasteiger partial charge in [-0.1, -0.05) is 54.1 Å². The Balaban J connectivity index is 1.63. The number of nitrogen functional groups attached to an aromatic ring is 1. The van der Waals surface area contributed by atoms with Crippen molar-refractivity contribution in [2.45, 2.75) is 13.0 Å². The molecule has 7 nitrogen and oxygen atoms in total. The zero-order chi connectivity index (χ0) is 24.4. The van der Waals surface area contributed by atoms with Gasteiger partial charge in [0.2, 0.25) is 0 Å². The standard InChI is InChI=1S/C27H21ClN6O/c1-16(21-11-5-6-12-30-21)32-27(35)25-26(29)34-23(17-8-3-2-4-9-17)24(33-25)19-14-18-10-7-13-31-22(18)20(28)15-19/h2-16H,1H3,(H2,29,34)(H,32,35)/t16-/m1/s1. The second-order valence-electron chi connectivity index (χ2n) is 8.00. The fourth-order valence-electron chi connectivity index (χ4n) is 3.87. The number of hydrogen-bond acceptors (Lipinski definition) is 6. The molecule has 5 aromatic rings.